The smallest absolute Gasteiger partial charge is 0.331 e. The Morgan fingerprint density at radius 2 is 1.20 bits per heavy atom. The number of aromatic nitrogens is 7. The summed E-state index contributed by atoms with van der Waals surface area (Å²) in [7, 11) is -4.05. The molecule has 3 unspecified atom stereocenters. The molecule has 726 valence electrons. The van der Waals surface area contributed by atoms with Crippen LogP contribution in [0, 0.1) is 114 Å². The number of rotatable bonds is 30. The fraction of sp³-hybridized carbons (Fsp3) is 0.533. The molecule has 5 aromatic carbocycles. The number of nitrogens with zero attached hydrogens (tertiary/aromatic N) is 13. The average Bonchev–Trinajstić information content (AvgIpc) is 1.58. The summed E-state index contributed by atoms with van der Waals surface area (Å²) in [6.07, 6.45) is 5.74. The van der Waals surface area contributed by atoms with Gasteiger partial charge in [0.25, 0.3) is 5.69 Å². The van der Waals surface area contributed by atoms with E-state index in [1.165, 1.54) is 33.2 Å². The van der Waals surface area contributed by atoms with E-state index >= 15 is 0 Å². The third-order valence-corrected chi connectivity index (χ3v) is 28.2. The predicted molar refractivity (Wildman–Crippen MR) is 546 cm³/mol. The van der Waals surface area contributed by atoms with Crippen molar-refractivity contribution in [1.29, 1.82) is 0 Å². The summed E-state index contributed by atoms with van der Waals surface area (Å²) in [5, 5.41) is 26.9. The van der Waals surface area contributed by atoms with Crippen LogP contribution in [0.3, 0.4) is 0 Å². The highest BCUT2D eigenvalue weighted by molar-refractivity contribution is 7.89. The van der Waals surface area contributed by atoms with Crippen molar-refractivity contribution in [3.05, 3.63) is 181 Å². The first-order valence-corrected chi connectivity index (χ1v) is 49.6. The van der Waals surface area contributed by atoms with Crippen LogP contribution < -0.4 is 20.3 Å². The van der Waals surface area contributed by atoms with Gasteiger partial charge in [-0.05, 0) is 251 Å². The van der Waals surface area contributed by atoms with Crippen LogP contribution in [0.5, 0.6) is 0 Å². The van der Waals surface area contributed by atoms with E-state index in [2.05, 4.69) is 177 Å². The molecule has 3 N–H and O–H groups in total. The van der Waals surface area contributed by atoms with E-state index in [1.54, 1.807) is 37.6 Å². The van der Waals surface area contributed by atoms with Gasteiger partial charge in [0, 0.05) is 41.0 Å². The minimum atomic E-state index is -4.05. The number of thiazole rings is 1. The summed E-state index contributed by atoms with van der Waals surface area (Å²) < 4.78 is 56.5. The monoisotopic (exact) mass is 1880 g/mol. The molecule has 1 aliphatic heterocycles. The maximum atomic E-state index is 14.8. The summed E-state index contributed by atoms with van der Waals surface area (Å²) >= 11 is 1.21. The molecule has 9 aromatic rings. The number of hydrogen-bond donors (Lipinski definition) is 3. The molecule has 0 bridgehead atoms. The maximum absolute atomic E-state index is 14.8. The molecule has 5 heterocycles. The van der Waals surface area contributed by atoms with Crippen molar-refractivity contribution < 1.29 is 46.5 Å². The topological polar surface area (TPSA) is 299 Å². The minimum Gasteiger partial charge on any atom is -0.465 e. The van der Waals surface area contributed by atoms with Gasteiger partial charge < -0.3 is 34.5 Å². The van der Waals surface area contributed by atoms with Crippen LogP contribution in [0.4, 0.5) is 51.6 Å². The van der Waals surface area contributed by atoms with Gasteiger partial charge in [-0.2, -0.15) is 9.78 Å². The molecule has 28 heteroatoms. The lowest BCUT2D eigenvalue weighted by Crippen LogP contribution is -2.49. The predicted octanol–water partition coefficient (Wildman–Crippen LogP) is 26.4. The molecule has 135 heavy (non-hydrogen) atoms. The van der Waals surface area contributed by atoms with Gasteiger partial charge in [-0.1, -0.05) is 202 Å². The number of anilines is 5. The summed E-state index contributed by atoms with van der Waals surface area (Å²) in [5.74, 6) is 1.41. The summed E-state index contributed by atoms with van der Waals surface area (Å²) in [6, 6.07) is 29.2. The highest BCUT2D eigenvalue weighted by Crippen LogP contribution is 2.52. The van der Waals surface area contributed by atoms with Crippen molar-refractivity contribution in [3.8, 4) is 16.5 Å². The van der Waals surface area contributed by atoms with Gasteiger partial charge in [0.1, 0.15) is 36.4 Å². The van der Waals surface area contributed by atoms with Crippen molar-refractivity contribution >= 4 is 118 Å². The van der Waals surface area contributed by atoms with Gasteiger partial charge in [-0.3, -0.25) is 14.4 Å². The second kappa shape index (κ2) is 43.4. The zero-order valence-corrected chi connectivity index (χ0v) is 87.9. The van der Waals surface area contributed by atoms with Crippen LogP contribution in [-0.2, 0) is 59.0 Å². The summed E-state index contributed by atoms with van der Waals surface area (Å²) in [5.41, 5.74) is 12.8. The van der Waals surface area contributed by atoms with Crippen LogP contribution >= 0.6 is 11.3 Å². The van der Waals surface area contributed by atoms with E-state index in [4.69, 9.17) is 72.5 Å². The van der Waals surface area contributed by atoms with Gasteiger partial charge in [0.2, 0.25) is 20.9 Å². The number of benzene rings is 5. The van der Waals surface area contributed by atoms with Gasteiger partial charge in [-0.25, -0.2) is 52.3 Å². The Kier molecular flexibility index (Phi) is 34.5. The maximum Gasteiger partial charge on any atom is 0.331 e. The fourth-order valence-corrected chi connectivity index (χ4v) is 18.8. The Morgan fingerprint density at radius 3 is 1.71 bits per heavy atom. The number of carbonyl (C=O) groups is 4. The Morgan fingerprint density at radius 1 is 0.630 bits per heavy atom. The van der Waals surface area contributed by atoms with Gasteiger partial charge in [0.05, 0.1) is 75.1 Å². The van der Waals surface area contributed by atoms with Crippen LogP contribution in [0.15, 0.2) is 117 Å². The number of esters is 4. The third kappa shape index (κ3) is 26.3. The lowest BCUT2D eigenvalue weighted by molar-refractivity contribution is -0.162. The van der Waals surface area contributed by atoms with Gasteiger partial charge in [0.15, 0.2) is 29.1 Å². The average molecular weight is 1880 g/mol. The number of hydrogen-bond acceptors (Lipinski definition) is 22. The van der Waals surface area contributed by atoms with Crippen molar-refractivity contribution in [1.82, 2.24) is 39.2 Å². The largest absolute Gasteiger partial charge is 0.465 e. The second-order valence-corrected chi connectivity index (χ2v) is 45.3. The summed E-state index contributed by atoms with van der Waals surface area (Å²) in [4.78, 5) is 81.0. The van der Waals surface area contributed by atoms with Crippen LogP contribution in [-0.4, -0.2) is 117 Å². The first-order chi connectivity index (χ1) is 62.8. The van der Waals surface area contributed by atoms with Crippen LogP contribution in [0.1, 0.15) is 280 Å². The lowest BCUT2D eigenvalue weighted by atomic mass is 9.59. The third-order valence-electron chi connectivity index (χ3n) is 25.5. The van der Waals surface area contributed by atoms with Gasteiger partial charge in [-0.15, -0.1) is 15.3 Å². The minimum absolute atomic E-state index is 0.0156. The number of carbonyl (C=O) groups excluding carboxylic acids is 4. The summed E-state index contributed by atoms with van der Waals surface area (Å²) in [6.45, 7) is 85.8. The van der Waals surface area contributed by atoms with E-state index in [1.807, 2.05) is 133 Å². The fourth-order valence-electron chi connectivity index (χ4n) is 16.3. The molecule has 26 nitrogen and oxygen atoms in total. The number of ether oxygens (including phenoxy) is 4. The number of azo groups is 1. The molecule has 11 rings (SSSR count). The highest BCUT2D eigenvalue weighted by atomic mass is 32.2. The molecule has 0 radical (unpaired) electrons. The number of fused-ring (bicyclic) bond motifs is 2. The number of sulfonamides is 1. The Bertz CT molecular complexity index is 6070. The normalized spacial score (nSPS) is 16.1. The van der Waals surface area contributed by atoms with E-state index in [0.717, 1.165) is 93.7 Å². The first-order valence-electron chi connectivity index (χ1n) is 47.3. The van der Waals surface area contributed by atoms with E-state index in [0.29, 0.717) is 88.3 Å². The molecule has 1 fully saturated rings. The molecule has 0 saturated heterocycles. The van der Waals surface area contributed by atoms with E-state index in [9.17, 15) is 27.6 Å². The number of aryl methyl sites for hydroxylation is 8. The number of unbranched alkanes of at least 4 members (excludes halogenated alkanes) is 1. The number of aliphatic imine (C=N–C) groups is 1. The molecule has 0 spiro atoms. The molecule has 3 atom stereocenters. The molecule has 1 saturated carbocycles. The zero-order chi connectivity index (χ0) is 100. The van der Waals surface area contributed by atoms with E-state index in [-0.39, 0.29) is 116 Å². The van der Waals surface area contributed by atoms with E-state index < -0.39 is 32.4 Å². The standard InChI is InChI=1S/C49H68N6O4.C48H58N10O4S2.C10H20O2/c1-17-49(14,15)45(57)58-26-25-54(18-2)34-23-24-37(31(4)29-34)51-43-39(50-16)38(42-52-41(53-55(42)43)32-19-21-33(22-20-32)46(5,6)7)44(56)59-40-35(47(8,9)10)27-30(3)28-36(40)48(11,12)13;1-16-28(4)45(59)62-25-48(13,14)57-64(60,61)34-17-18-35-36(24-34)63-46(50-35)58-44(41(49-15)42(56-58)47(10,11)12)55-54-40-33(9)23-37(51-38-29(5)19-26(2)20-30(38)6)52-43(40)53-39-31(7)21-27(3)22-32(39)8;1-5-7-8-12-9(11)10(3,4)6-2/h19-24,29-30,35-36,40H,17-18,25-28H2,1-15H3;17-24,28,57H,16,25H2,1-14H3,(H2,51,52,53);5-8H2,1-4H3. The molecular formula is C107H146N16O10S2. The Balaban J connectivity index is 0.000000270. The van der Waals surface area contributed by atoms with Crippen molar-refractivity contribution in [2.75, 3.05) is 48.4 Å². The van der Waals surface area contributed by atoms with Crippen LogP contribution in [0.25, 0.3) is 42.0 Å². The van der Waals surface area contributed by atoms with Crippen LogP contribution in [0.2, 0.25) is 0 Å². The number of nitrogens with one attached hydrogen (secondary N) is 3. The quantitative estimate of drug-likeness (QED) is 0.0124. The Labute approximate surface area is 806 Å². The molecular weight excluding hydrogens is 1730 g/mol. The number of pyridine rings is 1. The second-order valence-electron chi connectivity index (χ2n) is 42.7. The Hall–Kier alpha value is -11.3. The van der Waals surface area contributed by atoms with Crippen molar-refractivity contribution in [2.45, 2.75) is 301 Å². The highest BCUT2D eigenvalue weighted by Gasteiger charge is 2.50. The first kappa shape index (κ1) is 107. The van der Waals surface area contributed by atoms with Crippen molar-refractivity contribution in [3.63, 3.8) is 0 Å². The number of likely N-dealkylation sites (N-methyl/N-ethyl adjacent to an activating group) is 1. The molecule has 1 aliphatic carbocycles. The zero-order valence-electron chi connectivity index (χ0n) is 86.2. The molecule has 4 aromatic heterocycles. The number of allylic oxidation sites excluding steroid dienone is 1. The van der Waals surface area contributed by atoms with Gasteiger partial charge >= 0.3 is 23.9 Å². The molecule has 0 amide bonds. The lowest BCUT2D eigenvalue weighted by Gasteiger charge is -2.50. The van der Waals surface area contributed by atoms with Crippen molar-refractivity contribution in [2.24, 2.45) is 60.6 Å². The SMILES string of the molecule is CCCCOC(=O)C(C)(C)CC.[C-]#[N+]C1=C(C(=O)OC2C(C(C)(C)C)CC(C)CC2C(C)(C)C)c2nc(-c3ccc(C(C)(C)C)cc3)nn2C1=Nc1ccc(N(CC)CCOC(=O)C(C)(C)CC)cc1C.[C-]#[N+]c1c(C(C)(C)C)nn(-c2nc3ccc(S(=O)(=O)NC(C)(C)COC(=O)C(C)CC)cc3s2)c1N=Nc1c(C)cc(Nc2c(C)cc(C)cc2C)nc1Nc1c(C)cc(C)cc1C. The molecule has 2 aliphatic rings.